The standard InChI is InChI=1S/C10H18O5/c1-10(2,3)15-9(14)5-7(12)4-8(13)6-11/h8,11,13H,4-6H2,1-3H3. The molecule has 0 aliphatic heterocycles. The van der Waals surface area contributed by atoms with Gasteiger partial charge in [0.15, 0.2) is 0 Å². The fourth-order valence-electron chi connectivity index (χ4n) is 0.938. The molecule has 0 amide bonds. The lowest BCUT2D eigenvalue weighted by Crippen LogP contribution is -2.26. The van der Waals surface area contributed by atoms with E-state index < -0.39 is 30.1 Å². The van der Waals surface area contributed by atoms with Crippen molar-refractivity contribution >= 4 is 11.8 Å². The van der Waals surface area contributed by atoms with Gasteiger partial charge in [-0.05, 0) is 20.8 Å². The largest absolute Gasteiger partial charge is 0.460 e. The third-order valence-electron chi connectivity index (χ3n) is 1.44. The Labute approximate surface area is 89.0 Å². The number of aliphatic hydroxyl groups excluding tert-OH is 2. The molecule has 5 heteroatoms. The van der Waals surface area contributed by atoms with Crippen molar-refractivity contribution in [2.45, 2.75) is 45.3 Å². The van der Waals surface area contributed by atoms with Gasteiger partial charge in [-0.25, -0.2) is 0 Å². The van der Waals surface area contributed by atoms with Gasteiger partial charge in [0, 0.05) is 6.42 Å². The quantitative estimate of drug-likeness (QED) is 0.502. The van der Waals surface area contributed by atoms with Gasteiger partial charge in [0.2, 0.25) is 0 Å². The lowest BCUT2D eigenvalue weighted by atomic mass is 10.1. The summed E-state index contributed by atoms with van der Waals surface area (Å²) in [7, 11) is 0. The van der Waals surface area contributed by atoms with Crippen molar-refractivity contribution in [1.82, 2.24) is 0 Å². The molecule has 0 aromatic carbocycles. The van der Waals surface area contributed by atoms with Gasteiger partial charge < -0.3 is 14.9 Å². The second-order valence-corrected chi connectivity index (χ2v) is 4.34. The molecule has 0 heterocycles. The Morgan fingerprint density at radius 1 is 1.33 bits per heavy atom. The summed E-state index contributed by atoms with van der Waals surface area (Å²) in [6.45, 7) is 4.63. The van der Waals surface area contributed by atoms with Crippen LogP contribution in [-0.4, -0.2) is 40.3 Å². The molecule has 0 aromatic rings. The van der Waals surface area contributed by atoms with E-state index in [2.05, 4.69) is 0 Å². The predicted octanol–water partition coefficient (Wildman–Crippen LogP) is 0.0306. The summed E-state index contributed by atoms with van der Waals surface area (Å²) >= 11 is 0. The highest BCUT2D eigenvalue weighted by molar-refractivity contribution is 5.95. The monoisotopic (exact) mass is 218 g/mol. The number of Topliss-reactive ketones (excluding diaryl/α,β-unsaturated/α-hetero) is 1. The molecule has 88 valence electrons. The van der Waals surface area contributed by atoms with Crippen molar-refractivity contribution in [3.63, 3.8) is 0 Å². The topological polar surface area (TPSA) is 83.8 Å². The van der Waals surface area contributed by atoms with Crippen LogP contribution in [0.25, 0.3) is 0 Å². The first kappa shape index (κ1) is 14.1. The molecule has 0 aliphatic carbocycles. The number of carbonyl (C=O) groups excluding carboxylic acids is 2. The zero-order valence-corrected chi connectivity index (χ0v) is 9.32. The molecular formula is C10H18O5. The van der Waals surface area contributed by atoms with Gasteiger partial charge in [0.25, 0.3) is 0 Å². The van der Waals surface area contributed by atoms with Crippen LogP contribution in [-0.2, 0) is 14.3 Å². The summed E-state index contributed by atoms with van der Waals surface area (Å²) in [5, 5.41) is 17.4. The number of esters is 1. The van der Waals surface area contributed by atoms with E-state index >= 15 is 0 Å². The number of ketones is 1. The Kier molecular flexibility index (Phi) is 5.46. The van der Waals surface area contributed by atoms with Crippen LogP contribution in [0, 0.1) is 0 Å². The van der Waals surface area contributed by atoms with Crippen LogP contribution in [0.3, 0.4) is 0 Å². The lowest BCUT2D eigenvalue weighted by molar-refractivity contribution is -0.156. The molecule has 0 saturated carbocycles. The van der Waals surface area contributed by atoms with Crippen LogP contribution in [0.15, 0.2) is 0 Å². The van der Waals surface area contributed by atoms with Gasteiger partial charge in [-0.3, -0.25) is 9.59 Å². The number of ether oxygens (including phenoxy) is 1. The number of hydrogen-bond acceptors (Lipinski definition) is 5. The minimum atomic E-state index is -1.10. The van der Waals surface area contributed by atoms with Crippen LogP contribution in [0.4, 0.5) is 0 Å². The Morgan fingerprint density at radius 3 is 2.27 bits per heavy atom. The van der Waals surface area contributed by atoms with E-state index in [1.807, 2.05) is 0 Å². The maximum atomic E-state index is 11.2. The van der Waals surface area contributed by atoms with Crippen molar-refractivity contribution < 1.29 is 24.5 Å². The lowest BCUT2D eigenvalue weighted by Gasteiger charge is -2.19. The van der Waals surface area contributed by atoms with Crippen molar-refractivity contribution in [1.29, 1.82) is 0 Å². The smallest absolute Gasteiger partial charge is 0.313 e. The molecular weight excluding hydrogens is 200 g/mol. The molecule has 0 aromatic heterocycles. The van der Waals surface area contributed by atoms with E-state index in [9.17, 15) is 9.59 Å². The van der Waals surface area contributed by atoms with Gasteiger partial charge >= 0.3 is 5.97 Å². The van der Waals surface area contributed by atoms with E-state index in [-0.39, 0.29) is 12.8 Å². The number of carbonyl (C=O) groups is 2. The second kappa shape index (κ2) is 5.82. The summed E-state index contributed by atoms with van der Waals surface area (Å²) in [4.78, 5) is 22.3. The summed E-state index contributed by atoms with van der Waals surface area (Å²) in [6.07, 6.45) is -1.69. The van der Waals surface area contributed by atoms with Crippen LogP contribution >= 0.6 is 0 Å². The van der Waals surface area contributed by atoms with Gasteiger partial charge in [-0.1, -0.05) is 0 Å². The molecule has 5 nitrogen and oxygen atoms in total. The number of hydrogen-bond donors (Lipinski definition) is 2. The fourth-order valence-corrected chi connectivity index (χ4v) is 0.938. The molecule has 15 heavy (non-hydrogen) atoms. The Morgan fingerprint density at radius 2 is 1.87 bits per heavy atom. The average molecular weight is 218 g/mol. The van der Waals surface area contributed by atoms with Crippen molar-refractivity contribution in [2.24, 2.45) is 0 Å². The first-order valence-corrected chi connectivity index (χ1v) is 4.77. The van der Waals surface area contributed by atoms with Gasteiger partial charge in [-0.2, -0.15) is 0 Å². The summed E-state index contributed by atoms with van der Waals surface area (Å²) in [5.74, 6) is -1.05. The van der Waals surface area contributed by atoms with Crippen LogP contribution in [0.2, 0.25) is 0 Å². The molecule has 0 aliphatic rings. The summed E-state index contributed by atoms with van der Waals surface area (Å²) in [6, 6.07) is 0. The molecule has 0 fully saturated rings. The third kappa shape index (κ3) is 8.08. The highest BCUT2D eigenvalue weighted by Gasteiger charge is 2.20. The average Bonchev–Trinajstić information content (AvgIpc) is 1.99. The molecule has 0 bridgehead atoms. The third-order valence-corrected chi connectivity index (χ3v) is 1.44. The fraction of sp³-hybridized carbons (Fsp3) is 0.800. The zero-order valence-electron chi connectivity index (χ0n) is 9.32. The van der Waals surface area contributed by atoms with Crippen LogP contribution < -0.4 is 0 Å². The molecule has 1 unspecified atom stereocenters. The zero-order chi connectivity index (χ0) is 12.1. The molecule has 2 N–H and O–H groups in total. The minimum absolute atomic E-state index is 0.226. The van der Waals surface area contributed by atoms with E-state index in [1.165, 1.54) is 0 Å². The summed E-state index contributed by atoms with van der Waals surface area (Å²) < 4.78 is 4.92. The maximum Gasteiger partial charge on any atom is 0.313 e. The van der Waals surface area contributed by atoms with E-state index in [0.717, 1.165) is 0 Å². The first-order chi connectivity index (χ1) is 6.74. The predicted molar refractivity (Wildman–Crippen MR) is 53.2 cm³/mol. The summed E-state index contributed by atoms with van der Waals surface area (Å²) in [5.41, 5.74) is -0.618. The van der Waals surface area contributed by atoms with Gasteiger partial charge in [0.05, 0.1) is 12.7 Å². The Balaban J connectivity index is 3.92. The van der Waals surface area contributed by atoms with E-state index in [0.29, 0.717) is 0 Å². The Hall–Kier alpha value is -0.940. The molecule has 0 saturated heterocycles. The van der Waals surface area contributed by atoms with Gasteiger partial charge in [0.1, 0.15) is 17.8 Å². The van der Waals surface area contributed by atoms with Crippen molar-refractivity contribution in [2.75, 3.05) is 6.61 Å². The highest BCUT2D eigenvalue weighted by Crippen LogP contribution is 2.09. The number of rotatable bonds is 5. The molecule has 0 rings (SSSR count). The maximum absolute atomic E-state index is 11.2. The minimum Gasteiger partial charge on any atom is -0.460 e. The van der Waals surface area contributed by atoms with E-state index in [4.69, 9.17) is 14.9 Å². The first-order valence-electron chi connectivity index (χ1n) is 4.77. The SMILES string of the molecule is CC(C)(C)OC(=O)CC(=O)CC(O)CO. The van der Waals surface area contributed by atoms with Crippen LogP contribution in [0.5, 0.6) is 0 Å². The van der Waals surface area contributed by atoms with Crippen LogP contribution in [0.1, 0.15) is 33.6 Å². The highest BCUT2D eigenvalue weighted by atomic mass is 16.6. The molecule has 1 atom stereocenters. The van der Waals surface area contributed by atoms with Gasteiger partial charge in [-0.15, -0.1) is 0 Å². The number of aliphatic hydroxyl groups is 2. The van der Waals surface area contributed by atoms with Crippen molar-refractivity contribution in [3.8, 4) is 0 Å². The molecule has 0 spiro atoms. The Bertz CT molecular complexity index is 228. The van der Waals surface area contributed by atoms with E-state index in [1.54, 1.807) is 20.8 Å². The second-order valence-electron chi connectivity index (χ2n) is 4.34. The molecule has 0 radical (unpaired) electrons. The van der Waals surface area contributed by atoms with Crippen molar-refractivity contribution in [3.05, 3.63) is 0 Å². The normalized spacial score (nSPS) is 13.4.